The molecule has 3 heteroatoms. The van der Waals surface area contributed by atoms with Crippen molar-refractivity contribution in [1.29, 1.82) is 0 Å². The molecule has 2 rings (SSSR count). The summed E-state index contributed by atoms with van der Waals surface area (Å²) in [5.41, 5.74) is 5.13. The zero-order valence-electron chi connectivity index (χ0n) is 13.2. The molecule has 1 aromatic rings. The van der Waals surface area contributed by atoms with Gasteiger partial charge in [-0.25, -0.2) is 0 Å². The van der Waals surface area contributed by atoms with Crippen molar-refractivity contribution in [2.24, 2.45) is 0 Å². The Bertz CT molecular complexity index is 644. The third kappa shape index (κ3) is 2.68. The van der Waals surface area contributed by atoms with Gasteiger partial charge < -0.3 is 5.32 Å². The molecule has 3 nitrogen and oxygen atoms in total. The highest BCUT2D eigenvalue weighted by atomic mass is 16.1. The second kappa shape index (κ2) is 5.68. The molecule has 0 atom stereocenters. The van der Waals surface area contributed by atoms with Crippen molar-refractivity contribution in [2.75, 3.05) is 0 Å². The Kier molecular flexibility index (Phi) is 4.12. The SMILES string of the molecule is CC(=O)C1=C(C)NC(C)=C(C(C)=O)C1c1ccccc1C. The van der Waals surface area contributed by atoms with Crippen molar-refractivity contribution in [1.82, 2.24) is 5.32 Å². The fraction of sp³-hybridized carbons (Fsp3) is 0.333. The Morgan fingerprint density at radius 1 is 0.905 bits per heavy atom. The fourth-order valence-electron chi connectivity index (χ4n) is 3.15. The monoisotopic (exact) mass is 283 g/mol. The standard InChI is InChI=1S/C18H21NO2/c1-10-8-6-7-9-15(10)18-16(13(4)20)11(2)19-12(3)17(18)14(5)21/h6-9,18-19H,1-5H3. The summed E-state index contributed by atoms with van der Waals surface area (Å²) >= 11 is 0. The van der Waals surface area contributed by atoms with E-state index in [-0.39, 0.29) is 17.5 Å². The number of allylic oxidation sites excluding steroid dienone is 4. The van der Waals surface area contributed by atoms with Crippen molar-refractivity contribution in [3.05, 3.63) is 57.9 Å². The van der Waals surface area contributed by atoms with Gasteiger partial charge >= 0.3 is 0 Å². The van der Waals surface area contributed by atoms with Crippen molar-refractivity contribution < 1.29 is 9.59 Å². The topological polar surface area (TPSA) is 46.2 Å². The molecule has 0 amide bonds. The molecule has 0 saturated heterocycles. The minimum atomic E-state index is -0.276. The number of ketones is 2. The van der Waals surface area contributed by atoms with Gasteiger partial charge in [0, 0.05) is 28.5 Å². The first-order valence-corrected chi connectivity index (χ1v) is 7.10. The maximum Gasteiger partial charge on any atom is 0.158 e. The summed E-state index contributed by atoms with van der Waals surface area (Å²) in [6, 6.07) is 7.92. The number of carbonyl (C=O) groups excluding carboxylic acids is 2. The molecule has 0 saturated carbocycles. The van der Waals surface area contributed by atoms with E-state index in [0.717, 1.165) is 22.5 Å². The van der Waals surface area contributed by atoms with Gasteiger partial charge in [0.05, 0.1) is 0 Å². The molecule has 0 unspecified atom stereocenters. The van der Waals surface area contributed by atoms with Crippen LogP contribution in [0.3, 0.4) is 0 Å². The van der Waals surface area contributed by atoms with Gasteiger partial charge in [0.1, 0.15) is 0 Å². The molecule has 1 aromatic carbocycles. The van der Waals surface area contributed by atoms with Crippen LogP contribution in [-0.2, 0) is 9.59 Å². The van der Waals surface area contributed by atoms with Gasteiger partial charge in [0.25, 0.3) is 0 Å². The van der Waals surface area contributed by atoms with Crippen LogP contribution in [0, 0.1) is 6.92 Å². The Morgan fingerprint density at radius 2 is 1.38 bits per heavy atom. The highest BCUT2D eigenvalue weighted by Crippen LogP contribution is 2.39. The van der Waals surface area contributed by atoms with Gasteiger partial charge in [-0.05, 0) is 45.7 Å². The van der Waals surface area contributed by atoms with Crippen LogP contribution >= 0.6 is 0 Å². The lowest BCUT2D eigenvalue weighted by molar-refractivity contribution is -0.114. The Hall–Kier alpha value is -2.16. The number of rotatable bonds is 3. The molecule has 0 fully saturated rings. The van der Waals surface area contributed by atoms with Crippen LogP contribution in [0.2, 0.25) is 0 Å². The van der Waals surface area contributed by atoms with Crippen LogP contribution in [-0.4, -0.2) is 11.6 Å². The third-order valence-electron chi connectivity index (χ3n) is 4.02. The van der Waals surface area contributed by atoms with Crippen molar-refractivity contribution in [3.8, 4) is 0 Å². The number of hydrogen-bond donors (Lipinski definition) is 1. The number of benzene rings is 1. The first-order valence-electron chi connectivity index (χ1n) is 7.10. The average molecular weight is 283 g/mol. The fourth-order valence-corrected chi connectivity index (χ4v) is 3.15. The van der Waals surface area contributed by atoms with Crippen LogP contribution < -0.4 is 5.32 Å². The van der Waals surface area contributed by atoms with E-state index < -0.39 is 0 Å². The summed E-state index contributed by atoms with van der Waals surface area (Å²) < 4.78 is 0. The molecule has 1 aliphatic heterocycles. The quantitative estimate of drug-likeness (QED) is 0.924. The lowest BCUT2D eigenvalue weighted by Crippen LogP contribution is -2.30. The predicted octanol–water partition coefficient (Wildman–Crippen LogP) is 3.41. The predicted molar refractivity (Wildman–Crippen MR) is 83.8 cm³/mol. The zero-order valence-corrected chi connectivity index (χ0v) is 13.2. The summed E-state index contributed by atoms with van der Waals surface area (Å²) in [5.74, 6) is -0.276. The second-order valence-electron chi connectivity index (χ2n) is 5.60. The number of nitrogens with one attached hydrogen (secondary N) is 1. The summed E-state index contributed by atoms with van der Waals surface area (Å²) in [6.07, 6.45) is 0. The van der Waals surface area contributed by atoms with E-state index in [0.29, 0.717) is 11.1 Å². The van der Waals surface area contributed by atoms with Gasteiger partial charge in [0.2, 0.25) is 0 Å². The lowest BCUT2D eigenvalue weighted by Gasteiger charge is -2.31. The van der Waals surface area contributed by atoms with Crippen LogP contribution in [0.15, 0.2) is 46.8 Å². The Morgan fingerprint density at radius 3 is 1.81 bits per heavy atom. The van der Waals surface area contributed by atoms with Gasteiger partial charge in [0.15, 0.2) is 11.6 Å². The number of dihydropyridines is 1. The molecule has 0 bridgehead atoms. The molecular formula is C18H21NO2. The van der Waals surface area contributed by atoms with E-state index >= 15 is 0 Å². The van der Waals surface area contributed by atoms with Crippen molar-refractivity contribution in [3.63, 3.8) is 0 Å². The van der Waals surface area contributed by atoms with Crippen LogP contribution in [0.1, 0.15) is 44.7 Å². The molecule has 21 heavy (non-hydrogen) atoms. The first kappa shape index (κ1) is 15.2. The third-order valence-corrected chi connectivity index (χ3v) is 4.02. The minimum Gasteiger partial charge on any atom is -0.362 e. The van der Waals surface area contributed by atoms with E-state index in [9.17, 15) is 9.59 Å². The molecule has 0 radical (unpaired) electrons. The normalized spacial score (nSPS) is 16.0. The smallest absolute Gasteiger partial charge is 0.158 e. The molecular weight excluding hydrogens is 262 g/mol. The number of hydrogen-bond acceptors (Lipinski definition) is 3. The van der Waals surface area contributed by atoms with E-state index in [2.05, 4.69) is 5.32 Å². The second-order valence-corrected chi connectivity index (χ2v) is 5.60. The van der Waals surface area contributed by atoms with Crippen LogP contribution in [0.5, 0.6) is 0 Å². The van der Waals surface area contributed by atoms with E-state index in [1.165, 1.54) is 0 Å². The Balaban J connectivity index is 2.74. The molecule has 0 aromatic heterocycles. The lowest BCUT2D eigenvalue weighted by atomic mass is 9.76. The summed E-state index contributed by atoms with van der Waals surface area (Å²) in [7, 11) is 0. The van der Waals surface area contributed by atoms with E-state index in [4.69, 9.17) is 0 Å². The molecule has 110 valence electrons. The number of aryl methyl sites for hydroxylation is 1. The maximum atomic E-state index is 12.1. The highest BCUT2D eigenvalue weighted by Gasteiger charge is 2.33. The van der Waals surface area contributed by atoms with Gasteiger partial charge in [-0.2, -0.15) is 0 Å². The highest BCUT2D eigenvalue weighted by molar-refractivity contribution is 6.03. The molecule has 1 heterocycles. The summed E-state index contributed by atoms with van der Waals surface area (Å²) in [6.45, 7) is 8.91. The molecule has 0 spiro atoms. The summed E-state index contributed by atoms with van der Waals surface area (Å²) in [4.78, 5) is 24.3. The Labute approximate surface area is 125 Å². The zero-order chi connectivity index (χ0) is 15.7. The van der Waals surface area contributed by atoms with Gasteiger partial charge in [-0.1, -0.05) is 24.3 Å². The first-order chi connectivity index (χ1) is 9.84. The van der Waals surface area contributed by atoms with Crippen LogP contribution in [0.4, 0.5) is 0 Å². The van der Waals surface area contributed by atoms with Crippen molar-refractivity contribution in [2.45, 2.75) is 40.5 Å². The summed E-state index contributed by atoms with van der Waals surface area (Å²) in [5, 5.41) is 3.18. The minimum absolute atomic E-state index is 0.000460. The average Bonchev–Trinajstić information content (AvgIpc) is 2.37. The van der Waals surface area contributed by atoms with Gasteiger partial charge in [-0.15, -0.1) is 0 Å². The molecule has 1 N–H and O–H groups in total. The number of Topliss-reactive ketones (excluding diaryl/α,β-unsaturated/α-hetero) is 2. The van der Waals surface area contributed by atoms with E-state index in [1.54, 1.807) is 13.8 Å². The van der Waals surface area contributed by atoms with Crippen LogP contribution in [0.25, 0.3) is 0 Å². The molecule has 0 aliphatic carbocycles. The molecule has 1 aliphatic rings. The van der Waals surface area contributed by atoms with E-state index in [1.807, 2.05) is 45.0 Å². The number of carbonyl (C=O) groups is 2. The van der Waals surface area contributed by atoms with Gasteiger partial charge in [-0.3, -0.25) is 9.59 Å². The maximum absolute atomic E-state index is 12.1. The largest absolute Gasteiger partial charge is 0.362 e. The van der Waals surface area contributed by atoms with Crippen molar-refractivity contribution >= 4 is 11.6 Å².